The molecule has 1 fully saturated rings. The average molecular weight is 202 g/mol. The molecule has 1 aliphatic rings. The lowest BCUT2D eigenvalue weighted by Crippen LogP contribution is -2.26. The van der Waals surface area contributed by atoms with Gasteiger partial charge in [-0.25, -0.2) is 0 Å². The van der Waals surface area contributed by atoms with Gasteiger partial charge < -0.3 is 5.73 Å². The first-order valence-corrected chi connectivity index (χ1v) is 5.50. The third kappa shape index (κ3) is 2.38. The molecule has 0 aliphatic heterocycles. The lowest BCUT2D eigenvalue weighted by atomic mass is 9.99. The molecule has 0 heterocycles. The van der Waals surface area contributed by atoms with Crippen LogP contribution in [-0.4, -0.2) is 11.4 Å². The number of nitrogens with zero attached hydrogens (tertiary/aromatic N) is 1. The lowest BCUT2D eigenvalue weighted by molar-refractivity contribution is 0.455. The van der Waals surface area contributed by atoms with E-state index in [1.165, 1.54) is 12.8 Å². The number of hydrogen-bond acceptors (Lipinski definition) is 1. The van der Waals surface area contributed by atoms with Crippen molar-refractivity contribution in [1.29, 1.82) is 0 Å². The van der Waals surface area contributed by atoms with Crippen molar-refractivity contribution in [1.82, 2.24) is 0 Å². The highest BCUT2D eigenvalue weighted by Crippen LogP contribution is 2.41. The number of hydrogen-bond donors (Lipinski definition) is 1. The van der Waals surface area contributed by atoms with Gasteiger partial charge in [-0.2, -0.15) is 0 Å². The van der Waals surface area contributed by atoms with E-state index in [9.17, 15) is 0 Å². The molecule has 2 N–H and O–H groups in total. The van der Waals surface area contributed by atoms with Gasteiger partial charge in [0.15, 0.2) is 0 Å². The Morgan fingerprint density at radius 1 is 1.27 bits per heavy atom. The quantitative estimate of drug-likeness (QED) is 0.593. The summed E-state index contributed by atoms with van der Waals surface area (Å²) >= 11 is 0. The van der Waals surface area contributed by atoms with Crippen molar-refractivity contribution in [3.8, 4) is 0 Å². The van der Waals surface area contributed by atoms with E-state index < -0.39 is 0 Å². The van der Waals surface area contributed by atoms with Crippen LogP contribution in [0, 0.1) is 5.92 Å². The Balaban J connectivity index is 2.20. The molecule has 2 heteroatoms. The number of rotatable bonds is 3. The Labute approximate surface area is 91.2 Å². The van der Waals surface area contributed by atoms with E-state index in [2.05, 4.69) is 18.8 Å². The van der Waals surface area contributed by atoms with Crippen LogP contribution in [0.5, 0.6) is 0 Å². The summed E-state index contributed by atoms with van der Waals surface area (Å²) in [6.45, 7) is 4.33. The highest BCUT2D eigenvalue weighted by Gasteiger charge is 2.37. The van der Waals surface area contributed by atoms with Gasteiger partial charge in [0, 0.05) is 5.56 Å². The van der Waals surface area contributed by atoms with E-state index in [1.807, 2.05) is 30.3 Å². The van der Waals surface area contributed by atoms with E-state index in [1.54, 1.807) is 0 Å². The van der Waals surface area contributed by atoms with Crippen molar-refractivity contribution < 1.29 is 0 Å². The van der Waals surface area contributed by atoms with Crippen molar-refractivity contribution in [2.75, 3.05) is 0 Å². The van der Waals surface area contributed by atoms with Gasteiger partial charge in [-0.05, 0) is 32.6 Å². The van der Waals surface area contributed by atoms with Gasteiger partial charge in [-0.1, -0.05) is 30.3 Å². The molecule has 0 amide bonds. The Morgan fingerprint density at radius 3 is 2.40 bits per heavy atom. The first kappa shape index (κ1) is 10.2. The standard InChI is InChI=1S/C13H18N2/c1-13(2,11-8-9-11)15-12(14)10-6-4-3-5-7-10/h3-7,11H,8-9H2,1-2H3,(H2,14,15). The fourth-order valence-electron chi connectivity index (χ4n) is 1.86. The number of benzene rings is 1. The molecule has 1 aromatic rings. The van der Waals surface area contributed by atoms with Crippen LogP contribution in [0.25, 0.3) is 0 Å². The molecule has 0 spiro atoms. The molecule has 1 saturated carbocycles. The van der Waals surface area contributed by atoms with Gasteiger partial charge in [0.05, 0.1) is 5.54 Å². The molecule has 1 aliphatic carbocycles. The van der Waals surface area contributed by atoms with Crippen LogP contribution in [0.4, 0.5) is 0 Å². The number of nitrogens with two attached hydrogens (primary N) is 1. The fraction of sp³-hybridized carbons (Fsp3) is 0.462. The molecule has 0 saturated heterocycles. The summed E-state index contributed by atoms with van der Waals surface area (Å²) in [6.07, 6.45) is 2.58. The third-order valence-electron chi connectivity index (χ3n) is 3.05. The Kier molecular flexibility index (Phi) is 2.51. The molecule has 0 atom stereocenters. The van der Waals surface area contributed by atoms with Crippen LogP contribution in [0.2, 0.25) is 0 Å². The highest BCUT2D eigenvalue weighted by molar-refractivity contribution is 5.97. The van der Waals surface area contributed by atoms with Gasteiger partial charge in [-0.3, -0.25) is 4.99 Å². The molecule has 2 nitrogen and oxygen atoms in total. The van der Waals surface area contributed by atoms with E-state index in [4.69, 9.17) is 5.73 Å². The summed E-state index contributed by atoms with van der Waals surface area (Å²) in [4.78, 5) is 4.64. The van der Waals surface area contributed by atoms with E-state index in [0.717, 1.165) is 11.5 Å². The predicted octanol–water partition coefficient (Wildman–Crippen LogP) is 2.58. The van der Waals surface area contributed by atoms with Gasteiger partial charge in [0.25, 0.3) is 0 Å². The monoisotopic (exact) mass is 202 g/mol. The van der Waals surface area contributed by atoms with Gasteiger partial charge in [0.2, 0.25) is 0 Å². The van der Waals surface area contributed by atoms with Crippen LogP contribution in [0.1, 0.15) is 32.3 Å². The van der Waals surface area contributed by atoms with Crippen molar-refractivity contribution in [2.24, 2.45) is 16.6 Å². The van der Waals surface area contributed by atoms with E-state index in [0.29, 0.717) is 5.84 Å². The normalized spacial score (nSPS) is 17.9. The minimum Gasteiger partial charge on any atom is -0.383 e. The highest BCUT2D eigenvalue weighted by atomic mass is 14.9. The van der Waals surface area contributed by atoms with Crippen LogP contribution in [0.15, 0.2) is 35.3 Å². The number of amidine groups is 1. The fourth-order valence-corrected chi connectivity index (χ4v) is 1.86. The summed E-state index contributed by atoms with van der Waals surface area (Å²) in [5.74, 6) is 1.38. The minimum atomic E-state index is -0.0000746. The van der Waals surface area contributed by atoms with Crippen molar-refractivity contribution in [3.05, 3.63) is 35.9 Å². The summed E-state index contributed by atoms with van der Waals surface area (Å²) in [5, 5.41) is 0. The summed E-state index contributed by atoms with van der Waals surface area (Å²) < 4.78 is 0. The maximum atomic E-state index is 6.00. The van der Waals surface area contributed by atoms with Gasteiger partial charge >= 0.3 is 0 Å². The Morgan fingerprint density at radius 2 is 1.87 bits per heavy atom. The molecule has 0 bridgehead atoms. The SMILES string of the molecule is CC(C)(N=C(N)c1ccccc1)C1CC1. The summed E-state index contributed by atoms with van der Waals surface area (Å²) in [7, 11) is 0. The molecule has 0 aromatic heterocycles. The summed E-state index contributed by atoms with van der Waals surface area (Å²) in [5.41, 5.74) is 7.02. The molecule has 1 aromatic carbocycles. The smallest absolute Gasteiger partial charge is 0.126 e. The maximum Gasteiger partial charge on any atom is 0.126 e. The number of aliphatic imine (C=N–C) groups is 1. The second-order valence-corrected chi connectivity index (χ2v) is 4.79. The van der Waals surface area contributed by atoms with Gasteiger partial charge in [0.1, 0.15) is 5.84 Å². The predicted molar refractivity (Wildman–Crippen MR) is 64.0 cm³/mol. The average Bonchev–Trinajstić information content (AvgIpc) is 3.01. The second-order valence-electron chi connectivity index (χ2n) is 4.79. The molecular formula is C13H18N2. The Hall–Kier alpha value is -1.31. The van der Waals surface area contributed by atoms with Crippen LogP contribution < -0.4 is 5.73 Å². The van der Waals surface area contributed by atoms with E-state index in [-0.39, 0.29) is 5.54 Å². The van der Waals surface area contributed by atoms with Crippen LogP contribution in [-0.2, 0) is 0 Å². The molecule has 0 unspecified atom stereocenters. The molecule has 0 radical (unpaired) electrons. The van der Waals surface area contributed by atoms with Crippen molar-refractivity contribution in [3.63, 3.8) is 0 Å². The molecule has 15 heavy (non-hydrogen) atoms. The first-order valence-electron chi connectivity index (χ1n) is 5.50. The zero-order valence-corrected chi connectivity index (χ0v) is 9.40. The second kappa shape index (κ2) is 3.69. The molecular weight excluding hydrogens is 184 g/mol. The maximum absolute atomic E-state index is 6.00. The zero-order valence-electron chi connectivity index (χ0n) is 9.40. The topological polar surface area (TPSA) is 38.4 Å². The van der Waals surface area contributed by atoms with Gasteiger partial charge in [-0.15, -0.1) is 0 Å². The summed E-state index contributed by atoms with van der Waals surface area (Å²) in [6, 6.07) is 9.97. The third-order valence-corrected chi connectivity index (χ3v) is 3.05. The van der Waals surface area contributed by atoms with Crippen molar-refractivity contribution >= 4 is 5.84 Å². The lowest BCUT2D eigenvalue weighted by Gasteiger charge is -2.19. The van der Waals surface area contributed by atoms with Crippen molar-refractivity contribution in [2.45, 2.75) is 32.2 Å². The Bertz CT molecular complexity index is 361. The molecule has 2 rings (SSSR count). The first-order chi connectivity index (χ1) is 7.09. The minimum absolute atomic E-state index is 0.0000746. The van der Waals surface area contributed by atoms with Crippen LogP contribution in [0.3, 0.4) is 0 Å². The zero-order chi connectivity index (χ0) is 10.9. The van der Waals surface area contributed by atoms with E-state index >= 15 is 0 Å². The largest absolute Gasteiger partial charge is 0.383 e. The molecule has 80 valence electrons. The van der Waals surface area contributed by atoms with Crippen LogP contribution >= 0.6 is 0 Å².